The molecule has 0 aliphatic carbocycles. The number of hydrogen-bond donors (Lipinski definition) is 1. The molecule has 1 amide bonds. The smallest absolute Gasteiger partial charge is 0.234 e. The minimum Gasteiger partial charge on any atom is -0.325 e. The number of nitrogens with one attached hydrogen (secondary N) is 1. The molecular weight excluding hydrogens is 423 g/mol. The Morgan fingerprint density at radius 2 is 1.93 bits per heavy atom. The summed E-state index contributed by atoms with van der Waals surface area (Å²) in [5.74, 6) is 0.890. The lowest BCUT2D eigenvalue weighted by Gasteiger charge is -2.08. The van der Waals surface area contributed by atoms with E-state index in [9.17, 15) is 4.79 Å². The molecule has 1 aromatic carbocycles. The lowest BCUT2D eigenvalue weighted by atomic mass is 10.1. The largest absolute Gasteiger partial charge is 0.325 e. The highest BCUT2D eigenvalue weighted by molar-refractivity contribution is 7.99. The predicted octanol–water partition coefficient (Wildman–Crippen LogP) is 5.68. The Bertz CT molecular complexity index is 964. The number of aromatic nitrogens is 3. The zero-order valence-corrected chi connectivity index (χ0v) is 18.2. The fraction of sp³-hybridized carbons (Fsp3) is 0.278. The van der Waals surface area contributed by atoms with Crippen LogP contribution in [0.2, 0.25) is 10.0 Å². The second kappa shape index (κ2) is 8.65. The predicted molar refractivity (Wildman–Crippen MR) is 114 cm³/mol. The van der Waals surface area contributed by atoms with Crippen LogP contribution in [0.15, 0.2) is 28.7 Å². The molecule has 0 atom stereocenters. The van der Waals surface area contributed by atoms with Crippen molar-refractivity contribution in [1.29, 1.82) is 0 Å². The molecule has 0 unspecified atom stereocenters. The lowest BCUT2D eigenvalue weighted by molar-refractivity contribution is -0.113. The van der Waals surface area contributed by atoms with Crippen LogP contribution in [0.25, 0.3) is 11.4 Å². The third kappa shape index (κ3) is 4.66. The van der Waals surface area contributed by atoms with Crippen LogP contribution in [0.4, 0.5) is 5.69 Å². The second-order valence-electron chi connectivity index (χ2n) is 5.88. The average Bonchev–Trinajstić information content (AvgIpc) is 3.15. The Hall–Kier alpha value is -1.54. The van der Waals surface area contributed by atoms with Crippen molar-refractivity contribution in [2.45, 2.75) is 32.5 Å². The van der Waals surface area contributed by atoms with Gasteiger partial charge in [-0.3, -0.25) is 4.79 Å². The average molecular weight is 441 g/mol. The summed E-state index contributed by atoms with van der Waals surface area (Å²) in [6, 6.07) is 4.93. The number of aryl methyl sites for hydroxylation is 1. The Balaban J connectivity index is 1.71. The number of thiophene rings is 1. The van der Waals surface area contributed by atoms with Crippen molar-refractivity contribution in [2.75, 3.05) is 11.1 Å². The maximum Gasteiger partial charge on any atom is 0.234 e. The van der Waals surface area contributed by atoms with Gasteiger partial charge in [-0.25, -0.2) is 0 Å². The van der Waals surface area contributed by atoms with Gasteiger partial charge >= 0.3 is 0 Å². The number of hydrogen-bond acceptors (Lipinski definition) is 5. The number of thioether (sulfide) groups is 1. The van der Waals surface area contributed by atoms with E-state index in [1.54, 1.807) is 29.5 Å². The van der Waals surface area contributed by atoms with Crippen molar-refractivity contribution in [1.82, 2.24) is 14.8 Å². The van der Waals surface area contributed by atoms with E-state index in [4.69, 9.17) is 23.2 Å². The summed E-state index contributed by atoms with van der Waals surface area (Å²) in [5.41, 5.74) is 2.88. The summed E-state index contributed by atoms with van der Waals surface area (Å²) in [7, 11) is 0. The van der Waals surface area contributed by atoms with Crippen molar-refractivity contribution in [2.24, 2.45) is 0 Å². The van der Waals surface area contributed by atoms with E-state index >= 15 is 0 Å². The number of carbonyl (C=O) groups excluding carboxylic acids is 1. The van der Waals surface area contributed by atoms with E-state index in [2.05, 4.69) is 34.7 Å². The molecule has 0 radical (unpaired) electrons. The standard InChI is InChI=1S/C18H18Cl2N4OS2/c1-4-24-17(15-8-26-11(3)10(15)2)22-23-18(24)27-9-16(25)21-14-6-12(19)5-13(20)7-14/h5-8H,4,9H2,1-3H3,(H,21,25). The van der Waals surface area contributed by atoms with Gasteiger partial charge in [0, 0.05) is 38.1 Å². The molecule has 0 aliphatic heterocycles. The van der Waals surface area contributed by atoms with Gasteiger partial charge < -0.3 is 9.88 Å². The van der Waals surface area contributed by atoms with E-state index < -0.39 is 0 Å². The summed E-state index contributed by atoms with van der Waals surface area (Å²) in [6.07, 6.45) is 0. The van der Waals surface area contributed by atoms with Crippen LogP contribution < -0.4 is 5.32 Å². The normalized spacial score (nSPS) is 11.0. The first kappa shape index (κ1) is 20.2. The van der Waals surface area contributed by atoms with E-state index in [0.717, 1.165) is 23.1 Å². The summed E-state index contributed by atoms with van der Waals surface area (Å²) in [5, 5.41) is 15.2. The maximum atomic E-state index is 12.3. The zero-order chi connectivity index (χ0) is 19.6. The van der Waals surface area contributed by atoms with Crippen LogP contribution in [0.3, 0.4) is 0 Å². The minimum absolute atomic E-state index is 0.159. The number of amides is 1. The van der Waals surface area contributed by atoms with Gasteiger partial charge in [-0.2, -0.15) is 0 Å². The molecule has 9 heteroatoms. The van der Waals surface area contributed by atoms with Crippen LogP contribution in [-0.4, -0.2) is 26.4 Å². The molecule has 0 aliphatic rings. The summed E-state index contributed by atoms with van der Waals surface area (Å²) < 4.78 is 2.03. The highest BCUT2D eigenvalue weighted by Gasteiger charge is 2.17. The van der Waals surface area contributed by atoms with Crippen LogP contribution >= 0.6 is 46.3 Å². The van der Waals surface area contributed by atoms with E-state index in [1.165, 1.54) is 22.2 Å². The second-order valence-corrected chi connectivity index (χ2v) is 8.78. The molecule has 3 rings (SSSR count). The molecule has 142 valence electrons. The Kier molecular flexibility index (Phi) is 6.47. The Labute approximate surface area is 176 Å². The number of benzene rings is 1. The molecule has 5 nitrogen and oxygen atoms in total. The van der Waals surface area contributed by atoms with Crippen LogP contribution in [0.1, 0.15) is 17.4 Å². The number of halogens is 2. The minimum atomic E-state index is -0.159. The van der Waals surface area contributed by atoms with Crippen molar-refractivity contribution in [3.63, 3.8) is 0 Å². The molecular formula is C18H18Cl2N4OS2. The third-order valence-corrected chi connectivity index (χ3v) is 6.45. The fourth-order valence-electron chi connectivity index (χ4n) is 2.57. The molecule has 0 bridgehead atoms. The van der Waals surface area contributed by atoms with E-state index in [1.807, 2.05) is 11.5 Å². The Morgan fingerprint density at radius 1 is 1.22 bits per heavy atom. The van der Waals surface area contributed by atoms with Crippen LogP contribution in [0, 0.1) is 13.8 Å². The van der Waals surface area contributed by atoms with Gasteiger partial charge in [-0.05, 0) is 44.5 Å². The summed E-state index contributed by atoms with van der Waals surface area (Å²) >= 11 is 15.0. The molecule has 0 fully saturated rings. The van der Waals surface area contributed by atoms with E-state index in [0.29, 0.717) is 15.7 Å². The number of carbonyl (C=O) groups is 1. The molecule has 0 saturated heterocycles. The maximum absolute atomic E-state index is 12.3. The number of rotatable bonds is 6. The van der Waals surface area contributed by atoms with Gasteiger partial charge in [0.05, 0.1) is 5.75 Å². The molecule has 0 saturated carbocycles. The monoisotopic (exact) mass is 440 g/mol. The van der Waals surface area contributed by atoms with Gasteiger partial charge in [0.1, 0.15) is 0 Å². The first-order valence-corrected chi connectivity index (χ1v) is 10.9. The molecule has 3 aromatic rings. The van der Waals surface area contributed by atoms with Crippen molar-refractivity contribution >= 4 is 57.9 Å². The van der Waals surface area contributed by atoms with Gasteiger partial charge in [0.25, 0.3) is 0 Å². The molecule has 27 heavy (non-hydrogen) atoms. The van der Waals surface area contributed by atoms with Gasteiger partial charge in [-0.1, -0.05) is 35.0 Å². The van der Waals surface area contributed by atoms with Crippen molar-refractivity contribution in [3.05, 3.63) is 44.1 Å². The quantitative estimate of drug-likeness (QED) is 0.500. The van der Waals surface area contributed by atoms with Crippen LogP contribution in [-0.2, 0) is 11.3 Å². The van der Waals surface area contributed by atoms with Gasteiger partial charge in [0.15, 0.2) is 11.0 Å². The molecule has 2 heterocycles. The third-order valence-electron chi connectivity index (χ3n) is 4.04. The van der Waals surface area contributed by atoms with Crippen molar-refractivity contribution in [3.8, 4) is 11.4 Å². The Morgan fingerprint density at radius 3 is 2.52 bits per heavy atom. The molecule has 2 aromatic heterocycles. The number of nitrogens with zero attached hydrogens (tertiary/aromatic N) is 3. The zero-order valence-electron chi connectivity index (χ0n) is 15.0. The summed E-state index contributed by atoms with van der Waals surface area (Å²) in [4.78, 5) is 13.5. The first-order valence-electron chi connectivity index (χ1n) is 8.26. The molecule has 1 N–H and O–H groups in total. The number of anilines is 1. The topological polar surface area (TPSA) is 59.8 Å². The fourth-order valence-corrected chi connectivity index (χ4v) is 4.76. The van der Waals surface area contributed by atoms with Gasteiger partial charge in [0.2, 0.25) is 5.91 Å². The molecule has 0 spiro atoms. The summed E-state index contributed by atoms with van der Waals surface area (Å²) in [6.45, 7) is 6.95. The van der Waals surface area contributed by atoms with Gasteiger partial charge in [-0.15, -0.1) is 21.5 Å². The van der Waals surface area contributed by atoms with Crippen molar-refractivity contribution < 1.29 is 4.79 Å². The lowest BCUT2D eigenvalue weighted by Crippen LogP contribution is -2.14. The van der Waals surface area contributed by atoms with Crippen LogP contribution in [0.5, 0.6) is 0 Å². The SMILES string of the molecule is CCn1c(SCC(=O)Nc2cc(Cl)cc(Cl)c2)nnc1-c1csc(C)c1C. The highest BCUT2D eigenvalue weighted by atomic mass is 35.5. The van der Waals surface area contributed by atoms with E-state index in [-0.39, 0.29) is 11.7 Å². The highest BCUT2D eigenvalue weighted by Crippen LogP contribution is 2.31. The first-order chi connectivity index (χ1) is 12.9.